The minimum absolute atomic E-state index is 0.160. The van der Waals surface area contributed by atoms with Gasteiger partial charge in [-0.1, -0.05) is 18.7 Å². The van der Waals surface area contributed by atoms with Gasteiger partial charge in [0, 0.05) is 10.9 Å². The van der Waals surface area contributed by atoms with Crippen molar-refractivity contribution in [2.45, 2.75) is 45.2 Å². The van der Waals surface area contributed by atoms with Crippen molar-refractivity contribution in [3.05, 3.63) is 35.0 Å². The third kappa shape index (κ3) is 4.44. The van der Waals surface area contributed by atoms with Crippen molar-refractivity contribution in [1.82, 2.24) is 19.6 Å². The van der Waals surface area contributed by atoms with Crippen LogP contribution in [0.1, 0.15) is 37.6 Å². The van der Waals surface area contributed by atoms with Crippen LogP contribution in [0, 0.1) is 5.92 Å². The zero-order valence-corrected chi connectivity index (χ0v) is 21.1. The van der Waals surface area contributed by atoms with Gasteiger partial charge in [-0.05, 0) is 56.7 Å². The third-order valence-electron chi connectivity index (χ3n) is 5.84. The van der Waals surface area contributed by atoms with Crippen molar-refractivity contribution in [2.24, 2.45) is 5.92 Å². The molecule has 1 amide bonds. The maximum atomic E-state index is 12.8. The summed E-state index contributed by atoms with van der Waals surface area (Å²) < 4.78 is 13.1. The molecule has 10 heteroatoms. The van der Waals surface area contributed by atoms with Crippen LogP contribution >= 0.6 is 23.1 Å². The van der Waals surface area contributed by atoms with E-state index >= 15 is 0 Å². The quantitative estimate of drug-likeness (QED) is 0.343. The Morgan fingerprint density at radius 1 is 1.26 bits per heavy atom. The molecule has 0 fully saturated rings. The summed E-state index contributed by atoms with van der Waals surface area (Å²) in [6.07, 6.45) is 5.11. The molecule has 0 bridgehead atoms. The van der Waals surface area contributed by atoms with Gasteiger partial charge in [-0.3, -0.25) is 9.20 Å². The van der Waals surface area contributed by atoms with E-state index in [4.69, 9.17) is 9.47 Å². The number of nitrogens with zero attached hydrogens (tertiary/aromatic N) is 4. The lowest BCUT2D eigenvalue weighted by molar-refractivity contribution is -0.113. The second-order valence-corrected chi connectivity index (χ2v) is 10.3. The Morgan fingerprint density at radius 3 is 2.94 bits per heavy atom. The van der Waals surface area contributed by atoms with E-state index in [1.54, 1.807) is 23.7 Å². The van der Waals surface area contributed by atoms with Crippen LogP contribution in [0.25, 0.3) is 15.9 Å². The molecule has 178 valence electrons. The molecule has 3 heterocycles. The number of carbonyl (C=O) groups excluding carboxylic acids is 1. The van der Waals surface area contributed by atoms with E-state index in [1.165, 1.54) is 28.6 Å². The average molecular weight is 498 g/mol. The molecule has 4 aromatic rings. The number of hydrogen-bond donors (Lipinski definition) is 1. The Hall–Kier alpha value is -2.85. The highest BCUT2D eigenvalue weighted by molar-refractivity contribution is 7.99. The predicted molar refractivity (Wildman–Crippen MR) is 135 cm³/mol. The summed E-state index contributed by atoms with van der Waals surface area (Å²) in [6.45, 7) is 7.18. The van der Waals surface area contributed by atoms with Crippen molar-refractivity contribution >= 4 is 50.6 Å². The SMILES string of the molecule is CCOc1ccc(OCC)c(NC(=O)CSc2nnc3c4c5c(sc4ncn23)C[C@@H](C)CC5)c1. The van der Waals surface area contributed by atoms with Gasteiger partial charge in [0.2, 0.25) is 5.91 Å². The van der Waals surface area contributed by atoms with Crippen LogP contribution in [0.2, 0.25) is 0 Å². The van der Waals surface area contributed by atoms with Crippen LogP contribution in [-0.4, -0.2) is 44.5 Å². The molecule has 0 aliphatic heterocycles. The number of thioether (sulfide) groups is 1. The van der Waals surface area contributed by atoms with Gasteiger partial charge in [-0.25, -0.2) is 4.98 Å². The number of carbonyl (C=O) groups is 1. The van der Waals surface area contributed by atoms with Crippen LogP contribution in [-0.2, 0) is 17.6 Å². The Bertz CT molecular complexity index is 1350. The van der Waals surface area contributed by atoms with Gasteiger partial charge in [0.05, 0.1) is 30.0 Å². The molecular formula is C24H27N5O3S2. The first-order valence-corrected chi connectivity index (χ1v) is 13.3. The normalized spacial score (nSPS) is 15.4. The lowest BCUT2D eigenvalue weighted by Crippen LogP contribution is -2.15. The summed E-state index contributed by atoms with van der Waals surface area (Å²) in [6, 6.07) is 5.42. The van der Waals surface area contributed by atoms with Crippen molar-refractivity contribution in [3.8, 4) is 11.5 Å². The van der Waals surface area contributed by atoms with E-state index in [0.717, 1.165) is 28.7 Å². The van der Waals surface area contributed by atoms with Crippen LogP contribution < -0.4 is 14.8 Å². The molecule has 0 saturated heterocycles. The maximum absolute atomic E-state index is 12.8. The molecule has 0 unspecified atom stereocenters. The summed E-state index contributed by atoms with van der Waals surface area (Å²) in [5.41, 5.74) is 2.78. The molecule has 0 spiro atoms. The standard InChI is InChI=1S/C24H27N5O3S2/c1-4-31-15-7-9-18(32-5-2)17(11-15)26-20(30)12-33-24-28-27-22-21-16-8-6-14(3)10-19(16)34-23(21)25-13-29(22)24/h7,9,11,13-14H,4-6,8,10,12H2,1-3H3,(H,26,30)/t14-/m0/s1. The smallest absolute Gasteiger partial charge is 0.234 e. The Kier molecular flexibility index (Phi) is 6.60. The highest BCUT2D eigenvalue weighted by atomic mass is 32.2. The highest BCUT2D eigenvalue weighted by Crippen LogP contribution is 2.39. The largest absolute Gasteiger partial charge is 0.494 e. The number of nitrogens with one attached hydrogen (secondary N) is 1. The molecule has 0 radical (unpaired) electrons. The molecule has 1 aliphatic carbocycles. The molecule has 3 aromatic heterocycles. The zero-order valence-electron chi connectivity index (χ0n) is 19.5. The monoisotopic (exact) mass is 497 g/mol. The number of aromatic nitrogens is 4. The van der Waals surface area contributed by atoms with Crippen LogP contribution in [0.5, 0.6) is 11.5 Å². The fourth-order valence-corrected chi connectivity index (χ4v) is 6.33. The van der Waals surface area contributed by atoms with Gasteiger partial charge in [0.1, 0.15) is 22.7 Å². The summed E-state index contributed by atoms with van der Waals surface area (Å²) in [5, 5.41) is 13.5. The number of thiophene rings is 1. The number of benzene rings is 1. The van der Waals surface area contributed by atoms with Crippen LogP contribution in [0.4, 0.5) is 5.69 Å². The van der Waals surface area contributed by atoms with Gasteiger partial charge < -0.3 is 14.8 Å². The Labute approximate surface area is 206 Å². The van der Waals surface area contributed by atoms with E-state index in [1.807, 2.05) is 30.4 Å². The van der Waals surface area contributed by atoms with Crippen molar-refractivity contribution in [1.29, 1.82) is 0 Å². The Balaban J connectivity index is 1.34. The lowest BCUT2D eigenvalue weighted by Gasteiger charge is -2.17. The van der Waals surface area contributed by atoms with Gasteiger partial charge in [-0.2, -0.15) is 0 Å². The minimum atomic E-state index is -0.160. The summed E-state index contributed by atoms with van der Waals surface area (Å²) in [5.74, 6) is 2.02. The van der Waals surface area contributed by atoms with Crippen LogP contribution in [0.3, 0.4) is 0 Å². The molecule has 0 saturated carbocycles. The van der Waals surface area contributed by atoms with Crippen molar-refractivity contribution < 1.29 is 14.3 Å². The number of ether oxygens (including phenoxy) is 2. The number of anilines is 1. The Morgan fingerprint density at radius 2 is 2.12 bits per heavy atom. The summed E-state index contributed by atoms with van der Waals surface area (Å²) in [4.78, 5) is 19.9. The second-order valence-electron chi connectivity index (χ2n) is 8.31. The molecule has 1 aliphatic rings. The van der Waals surface area contributed by atoms with Gasteiger partial charge in [0.25, 0.3) is 0 Å². The number of aryl methyl sites for hydroxylation is 1. The van der Waals surface area contributed by atoms with Gasteiger partial charge in [-0.15, -0.1) is 21.5 Å². The van der Waals surface area contributed by atoms with Gasteiger partial charge >= 0.3 is 0 Å². The number of rotatable bonds is 8. The van der Waals surface area contributed by atoms with Crippen LogP contribution in [0.15, 0.2) is 29.7 Å². The average Bonchev–Trinajstić information content (AvgIpc) is 3.40. The fraction of sp³-hybridized carbons (Fsp3) is 0.417. The topological polar surface area (TPSA) is 90.6 Å². The second kappa shape index (κ2) is 9.79. The molecule has 1 N–H and O–H groups in total. The van der Waals surface area contributed by atoms with E-state index in [0.29, 0.717) is 41.5 Å². The molecule has 8 nitrogen and oxygen atoms in total. The number of fused-ring (bicyclic) bond motifs is 5. The fourth-order valence-electron chi connectivity index (χ4n) is 4.28. The molecule has 1 atom stereocenters. The highest BCUT2D eigenvalue weighted by Gasteiger charge is 2.24. The third-order valence-corrected chi connectivity index (χ3v) is 7.95. The molecule has 5 rings (SSSR count). The van der Waals surface area contributed by atoms with Crippen molar-refractivity contribution in [3.63, 3.8) is 0 Å². The lowest BCUT2D eigenvalue weighted by atomic mass is 9.89. The summed E-state index contributed by atoms with van der Waals surface area (Å²) >= 11 is 3.11. The van der Waals surface area contributed by atoms with Gasteiger partial charge in [0.15, 0.2) is 10.8 Å². The summed E-state index contributed by atoms with van der Waals surface area (Å²) in [7, 11) is 0. The molecule has 1 aromatic carbocycles. The molecule has 34 heavy (non-hydrogen) atoms. The predicted octanol–water partition coefficient (Wildman–Crippen LogP) is 4.99. The first kappa shape index (κ1) is 22.9. The maximum Gasteiger partial charge on any atom is 0.234 e. The first-order chi connectivity index (χ1) is 16.6. The van der Waals surface area contributed by atoms with Crippen molar-refractivity contribution in [2.75, 3.05) is 24.3 Å². The van der Waals surface area contributed by atoms with E-state index < -0.39 is 0 Å². The van der Waals surface area contributed by atoms with E-state index in [-0.39, 0.29) is 11.7 Å². The van der Waals surface area contributed by atoms with E-state index in [9.17, 15) is 4.79 Å². The number of hydrogen-bond acceptors (Lipinski definition) is 8. The first-order valence-electron chi connectivity index (χ1n) is 11.5. The van der Waals surface area contributed by atoms with E-state index in [2.05, 4.69) is 27.4 Å². The number of amides is 1. The minimum Gasteiger partial charge on any atom is -0.494 e. The zero-order chi connectivity index (χ0) is 23.7. The molecular weight excluding hydrogens is 470 g/mol.